The van der Waals surface area contributed by atoms with Crippen LogP contribution >= 0.6 is 30.3 Å². The zero-order chi connectivity index (χ0) is 24.8. The number of carbonyl (C=O) groups is 3. The number of hydrogen-bond acceptors (Lipinski definition) is 6. The van der Waals surface area contributed by atoms with E-state index >= 15 is 0 Å². The maximum Gasteiger partial charge on any atom is 0.302 e. The first-order chi connectivity index (χ1) is 16.4. The number of ether oxygens (including phenoxy) is 1. The molecular weight excluding hydrogens is 565 g/mol. The summed E-state index contributed by atoms with van der Waals surface area (Å²) >= 11 is 2.04. The van der Waals surface area contributed by atoms with Gasteiger partial charge in [-0.25, -0.2) is 4.72 Å². The molecule has 0 bridgehead atoms. The Kier molecular flexibility index (Phi) is 12.4. The van der Waals surface area contributed by atoms with E-state index in [9.17, 15) is 14.4 Å². The summed E-state index contributed by atoms with van der Waals surface area (Å²) in [4.78, 5) is 34.1. The molecule has 1 atom stereocenters. The summed E-state index contributed by atoms with van der Waals surface area (Å²) in [5, 5.41) is 7.79. The summed E-state index contributed by atoms with van der Waals surface area (Å²) < 4.78 is 7.62. The molecule has 3 aromatic carbocycles. The Bertz CT molecular complexity index is 1080. The Morgan fingerprint density at radius 3 is 2.35 bits per heavy atom. The zero-order valence-electron chi connectivity index (χ0n) is 19.0. The third-order valence-electron chi connectivity index (χ3n) is 4.68. The molecule has 2 amide bonds. The fourth-order valence-corrected chi connectivity index (χ4v) is 3.64. The number of amides is 2. The molecule has 3 aromatic rings. The highest BCUT2D eigenvalue weighted by molar-refractivity contribution is 14.2. The maximum atomic E-state index is 12.1. The van der Waals surface area contributed by atoms with Crippen molar-refractivity contribution in [3.05, 3.63) is 83.9 Å². The first kappa shape index (κ1) is 27.6. The molecule has 34 heavy (non-hydrogen) atoms. The fourth-order valence-electron chi connectivity index (χ4n) is 2.99. The molecule has 0 saturated heterocycles. The third-order valence-corrected chi connectivity index (χ3v) is 5.86. The highest BCUT2D eigenvalue weighted by Crippen LogP contribution is 2.18. The molecule has 0 aliphatic heterocycles. The van der Waals surface area contributed by atoms with Gasteiger partial charge in [-0.15, -0.1) is 0 Å². The van der Waals surface area contributed by atoms with Crippen molar-refractivity contribution in [3.63, 3.8) is 0 Å². The Hall–Kier alpha value is -2.63. The Labute approximate surface area is 216 Å². The van der Waals surface area contributed by atoms with Crippen molar-refractivity contribution >= 4 is 58.9 Å². The number of hydrogen-bond donors (Lipinski definition) is 3. The van der Waals surface area contributed by atoms with Crippen molar-refractivity contribution in [2.45, 2.75) is 33.0 Å². The van der Waals surface area contributed by atoms with Gasteiger partial charge in [-0.3, -0.25) is 14.4 Å². The first-order valence-corrected chi connectivity index (χ1v) is 14.0. The lowest BCUT2D eigenvalue weighted by Crippen LogP contribution is -2.46. The maximum absolute atomic E-state index is 12.1. The SMILES string of the molecule is CC(=O)OCc1ccccc1.CC(NC(=O)CNSI)C(=O)NCc1cccc2ccccc12. The van der Waals surface area contributed by atoms with Gasteiger partial charge in [0.05, 0.1) is 6.54 Å². The minimum Gasteiger partial charge on any atom is -0.461 e. The molecule has 0 aliphatic carbocycles. The van der Waals surface area contributed by atoms with E-state index in [1.807, 2.05) is 94.0 Å². The van der Waals surface area contributed by atoms with Gasteiger partial charge in [-0.1, -0.05) is 72.8 Å². The largest absolute Gasteiger partial charge is 0.461 e. The van der Waals surface area contributed by atoms with Crippen LogP contribution in [0, 0.1) is 0 Å². The van der Waals surface area contributed by atoms with Gasteiger partial charge in [-0.05, 0) is 37.9 Å². The van der Waals surface area contributed by atoms with Gasteiger partial charge >= 0.3 is 5.97 Å². The normalized spacial score (nSPS) is 11.0. The van der Waals surface area contributed by atoms with E-state index in [4.69, 9.17) is 4.74 Å². The molecule has 3 rings (SSSR count). The van der Waals surface area contributed by atoms with Crippen molar-refractivity contribution in [2.24, 2.45) is 0 Å². The number of halogens is 1. The predicted octanol–water partition coefficient (Wildman–Crippen LogP) is 4.30. The van der Waals surface area contributed by atoms with E-state index in [-0.39, 0.29) is 24.3 Å². The second kappa shape index (κ2) is 15.3. The van der Waals surface area contributed by atoms with Crippen LogP contribution in [-0.4, -0.2) is 30.4 Å². The standard InChI is InChI=1S/C16H18IN3O2S.C9H10O2/c1-11(20-15(21)10-19-23-17)16(22)18-9-13-7-4-6-12-5-2-3-8-14(12)13;1-8(10)11-7-9-5-3-2-4-6-9/h2-8,11,19H,9-10H2,1H3,(H,18,22)(H,20,21);2-6H,7H2,1H3. The average molecular weight is 593 g/mol. The summed E-state index contributed by atoms with van der Waals surface area (Å²) in [6.07, 6.45) is 0. The van der Waals surface area contributed by atoms with Gasteiger partial charge in [0, 0.05) is 34.7 Å². The number of carbonyl (C=O) groups excluding carboxylic acids is 3. The molecule has 7 nitrogen and oxygen atoms in total. The van der Waals surface area contributed by atoms with Gasteiger partial charge in [-0.2, -0.15) is 0 Å². The Morgan fingerprint density at radius 2 is 1.65 bits per heavy atom. The highest BCUT2D eigenvalue weighted by atomic mass is 127. The van der Waals surface area contributed by atoms with Crippen molar-refractivity contribution < 1.29 is 19.1 Å². The molecule has 0 aromatic heterocycles. The van der Waals surface area contributed by atoms with Crippen molar-refractivity contribution in [1.29, 1.82) is 0 Å². The molecule has 0 spiro atoms. The smallest absolute Gasteiger partial charge is 0.302 e. The van der Waals surface area contributed by atoms with Gasteiger partial charge in [0.25, 0.3) is 0 Å². The second-order valence-corrected chi connectivity index (χ2v) is 9.07. The number of rotatable bonds is 9. The van der Waals surface area contributed by atoms with Crippen LogP contribution in [0.25, 0.3) is 10.8 Å². The second-order valence-electron chi connectivity index (χ2n) is 7.31. The van der Waals surface area contributed by atoms with E-state index in [1.165, 1.54) is 16.0 Å². The van der Waals surface area contributed by atoms with Crippen LogP contribution in [-0.2, 0) is 32.3 Å². The molecule has 3 N–H and O–H groups in total. The summed E-state index contributed by atoms with van der Waals surface area (Å²) in [5.74, 6) is -0.649. The van der Waals surface area contributed by atoms with Crippen LogP contribution in [0.4, 0.5) is 0 Å². The van der Waals surface area contributed by atoms with Crippen LogP contribution < -0.4 is 15.4 Å². The van der Waals surface area contributed by atoms with E-state index in [0.717, 1.165) is 21.9 Å². The van der Waals surface area contributed by atoms with E-state index in [0.29, 0.717) is 13.2 Å². The molecule has 0 heterocycles. The highest BCUT2D eigenvalue weighted by Gasteiger charge is 2.15. The summed E-state index contributed by atoms with van der Waals surface area (Å²) in [6, 6.07) is 23.1. The fraction of sp³-hybridized carbons (Fsp3) is 0.240. The van der Waals surface area contributed by atoms with Crippen molar-refractivity contribution in [3.8, 4) is 0 Å². The lowest BCUT2D eigenvalue weighted by atomic mass is 10.0. The van der Waals surface area contributed by atoms with Crippen LogP contribution in [0.15, 0.2) is 72.8 Å². The molecule has 1 unspecified atom stereocenters. The molecule has 0 radical (unpaired) electrons. The van der Waals surface area contributed by atoms with Gasteiger partial charge in [0.1, 0.15) is 12.6 Å². The minimum atomic E-state index is -0.571. The van der Waals surface area contributed by atoms with E-state index < -0.39 is 6.04 Å². The average Bonchev–Trinajstić information content (AvgIpc) is 2.85. The number of esters is 1. The molecule has 9 heteroatoms. The van der Waals surface area contributed by atoms with E-state index in [1.54, 1.807) is 6.92 Å². The van der Waals surface area contributed by atoms with Crippen LogP contribution in [0.2, 0.25) is 0 Å². The molecule has 0 saturated carbocycles. The van der Waals surface area contributed by atoms with E-state index in [2.05, 4.69) is 15.4 Å². The molecule has 180 valence electrons. The summed E-state index contributed by atoms with van der Waals surface area (Å²) in [6.45, 7) is 4.06. The Morgan fingerprint density at radius 1 is 0.971 bits per heavy atom. The van der Waals surface area contributed by atoms with Gasteiger partial charge < -0.3 is 15.4 Å². The summed E-state index contributed by atoms with van der Waals surface area (Å²) in [7, 11) is 1.33. The van der Waals surface area contributed by atoms with Crippen molar-refractivity contribution in [1.82, 2.24) is 15.4 Å². The lowest BCUT2D eigenvalue weighted by molar-refractivity contribution is -0.142. The molecule has 0 aliphatic rings. The minimum absolute atomic E-state index is 0.175. The third kappa shape index (κ3) is 10.1. The van der Waals surface area contributed by atoms with Crippen molar-refractivity contribution in [2.75, 3.05) is 6.54 Å². The van der Waals surface area contributed by atoms with Crippen LogP contribution in [0.3, 0.4) is 0 Å². The van der Waals surface area contributed by atoms with Gasteiger partial charge in [0.15, 0.2) is 0 Å². The Balaban J connectivity index is 0.000000310. The topological polar surface area (TPSA) is 96.5 Å². The zero-order valence-corrected chi connectivity index (χ0v) is 22.0. The monoisotopic (exact) mass is 593 g/mol. The van der Waals surface area contributed by atoms with Crippen LogP contribution in [0.5, 0.6) is 0 Å². The molecular formula is C25H28IN3O4S. The number of nitrogens with one attached hydrogen (secondary N) is 3. The number of benzene rings is 3. The molecule has 0 fully saturated rings. The lowest BCUT2D eigenvalue weighted by Gasteiger charge is -2.15. The quantitative estimate of drug-likeness (QED) is 0.195. The van der Waals surface area contributed by atoms with Gasteiger partial charge in [0.2, 0.25) is 11.8 Å². The summed E-state index contributed by atoms with van der Waals surface area (Å²) in [5.41, 5.74) is 2.07. The first-order valence-electron chi connectivity index (χ1n) is 10.6. The van der Waals surface area contributed by atoms with Crippen LogP contribution in [0.1, 0.15) is 25.0 Å². The number of fused-ring (bicyclic) bond motifs is 1. The predicted molar refractivity (Wildman–Crippen MR) is 145 cm³/mol.